The highest BCUT2D eigenvalue weighted by Gasteiger charge is 2.39. The van der Waals surface area contributed by atoms with Crippen LogP contribution in [0.4, 0.5) is 17.1 Å². The van der Waals surface area contributed by atoms with Gasteiger partial charge < -0.3 is 0 Å². The van der Waals surface area contributed by atoms with Gasteiger partial charge in [0.2, 0.25) is 11.8 Å². The predicted octanol–water partition coefficient (Wildman–Crippen LogP) is 11.4. The summed E-state index contributed by atoms with van der Waals surface area (Å²) in [5.74, 6) is 0.00708. The number of nitrogens with zero attached hydrogens (tertiary/aromatic N) is 3. The Kier molecular flexibility index (Phi) is 15.1. The summed E-state index contributed by atoms with van der Waals surface area (Å²) >= 11 is 25.1. The average molecular weight is 737 g/mol. The quantitative estimate of drug-likeness (QED) is 0.0938. The van der Waals surface area contributed by atoms with Crippen LogP contribution < -0.4 is 15.3 Å². The lowest BCUT2D eigenvalue weighted by molar-refractivity contribution is -0.122. The summed E-state index contributed by atoms with van der Waals surface area (Å²) in [5, 5.41) is 2.26. The molecule has 2 saturated heterocycles. The van der Waals surface area contributed by atoms with Crippen molar-refractivity contribution >= 4 is 87.0 Å². The molecule has 2 aliphatic rings. The first kappa shape index (κ1) is 38.2. The summed E-state index contributed by atoms with van der Waals surface area (Å²) in [6, 6.07) is 7.79. The number of nitrogens with one attached hydrogen (secondary N) is 1. The van der Waals surface area contributed by atoms with Crippen molar-refractivity contribution < 1.29 is 14.4 Å². The summed E-state index contributed by atoms with van der Waals surface area (Å²) in [4.78, 5) is 44.8. The highest BCUT2D eigenvalue weighted by Crippen LogP contribution is 2.38. The van der Waals surface area contributed by atoms with E-state index in [0.29, 0.717) is 33.7 Å². The monoisotopic (exact) mass is 734 g/mol. The Morgan fingerprint density at radius 3 is 2.10 bits per heavy atom. The lowest BCUT2D eigenvalue weighted by Gasteiger charge is -2.19. The van der Waals surface area contributed by atoms with Gasteiger partial charge >= 0.3 is 0 Å². The highest BCUT2D eigenvalue weighted by molar-refractivity contribution is 6.42. The molecule has 2 fully saturated rings. The third-order valence-electron chi connectivity index (χ3n) is 8.69. The minimum absolute atomic E-state index is 0.0620. The third kappa shape index (κ3) is 11.0. The Morgan fingerprint density at radius 1 is 0.812 bits per heavy atom. The zero-order valence-corrected chi connectivity index (χ0v) is 30.9. The van der Waals surface area contributed by atoms with E-state index in [1.807, 2.05) is 0 Å². The van der Waals surface area contributed by atoms with E-state index in [9.17, 15) is 14.4 Å². The summed E-state index contributed by atoms with van der Waals surface area (Å²) in [6.45, 7) is 4.59. The van der Waals surface area contributed by atoms with Crippen LogP contribution >= 0.6 is 46.4 Å². The Balaban J connectivity index is 1.21. The Bertz CT molecular complexity index is 1490. The maximum atomic E-state index is 13.3. The van der Waals surface area contributed by atoms with Crippen molar-refractivity contribution in [1.82, 2.24) is 5.43 Å². The van der Waals surface area contributed by atoms with Gasteiger partial charge in [0.1, 0.15) is 11.5 Å². The number of halogens is 4. The van der Waals surface area contributed by atoms with Crippen molar-refractivity contribution in [3.63, 3.8) is 0 Å². The number of rotatable bonds is 18. The maximum absolute atomic E-state index is 13.3. The topological polar surface area (TPSA) is 82.1 Å². The molecular formula is C37H46Cl4N4O3. The molecule has 0 aliphatic carbocycles. The Morgan fingerprint density at radius 2 is 1.44 bits per heavy atom. The zero-order valence-electron chi connectivity index (χ0n) is 27.9. The fourth-order valence-corrected chi connectivity index (χ4v) is 7.24. The molecule has 2 aliphatic heterocycles. The van der Waals surface area contributed by atoms with Crippen molar-refractivity contribution in [3.8, 4) is 0 Å². The number of amides is 3. The summed E-state index contributed by atoms with van der Waals surface area (Å²) < 4.78 is 0. The number of benzene rings is 2. The molecule has 0 spiro atoms. The summed E-state index contributed by atoms with van der Waals surface area (Å²) in [6.07, 6.45) is 20.0. The van der Waals surface area contributed by atoms with Gasteiger partial charge in [0.25, 0.3) is 5.91 Å². The fraction of sp³-hybridized carbons (Fsp3) is 0.514. The van der Waals surface area contributed by atoms with E-state index in [1.54, 1.807) is 18.2 Å². The number of hydrogen-bond donors (Lipinski definition) is 1. The molecule has 260 valence electrons. The number of anilines is 2. The number of carbonyl (C=O) groups is 3. The van der Waals surface area contributed by atoms with Crippen LogP contribution in [0.3, 0.4) is 0 Å². The molecular weight excluding hydrogens is 690 g/mol. The second-order valence-electron chi connectivity index (χ2n) is 13.1. The molecule has 2 aromatic carbocycles. The molecule has 2 aromatic rings. The van der Waals surface area contributed by atoms with Gasteiger partial charge in [0.05, 0.1) is 32.9 Å². The van der Waals surface area contributed by atoms with Crippen molar-refractivity contribution in [3.05, 3.63) is 62.6 Å². The van der Waals surface area contributed by atoms with E-state index in [-0.39, 0.29) is 52.2 Å². The highest BCUT2D eigenvalue weighted by atomic mass is 35.5. The minimum atomic E-state index is -0.339. The van der Waals surface area contributed by atoms with Crippen molar-refractivity contribution in [2.45, 2.75) is 110 Å². The van der Waals surface area contributed by atoms with E-state index in [1.165, 1.54) is 73.4 Å². The van der Waals surface area contributed by atoms with Gasteiger partial charge in [-0.2, -0.15) is 0 Å². The number of carbonyl (C=O) groups excluding carboxylic acids is 3. The average Bonchev–Trinajstić information content (AvgIpc) is 3.52. The number of allylic oxidation sites excluding steroid dienone is 2. The smallest absolute Gasteiger partial charge is 0.253 e. The number of unbranched alkanes of at least 4 members (excludes halogenated alkanes) is 9. The van der Waals surface area contributed by atoms with Gasteiger partial charge in [-0.3, -0.25) is 24.7 Å². The first-order valence-corrected chi connectivity index (χ1v) is 18.7. The number of amidine groups is 1. The van der Waals surface area contributed by atoms with Crippen LogP contribution in [-0.2, 0) is 14.4 Å². The third-order valence-corrected chi connectivity index (χ3v) is 9.80. The predicted molar refractivity (Wildman–Crippen MR) is 200 cm³/mol. The Labute approximate surface area is 305 Å². The zero-order chi connectivity index (χ0) is 34.6. The first-order valence-electron chi connectivity index (χ1n) is 17.2. The largest absolute Gasteiger partial charge is 0.277 e. The van der Waals surface area contributed by atoms with E-state index >= 15 is 0 Å². The minimum Gasteiger partial charge on any atom is -0.277 e. The number of aliphatic imine (C=N–C) groups is 1. The molecule has 0 bridgehead atoms. The van der Waals surface area contributed by atoms with Gasteiger partial charge in [0, 0.05) is 17.4 Å². The second-order valence-corrected chi connectivity index (χ2v) is 14.8. The first-order chi connectivity index (χ1) is 23.0. The van der Waals surface area contributed by atoms with Gasteiger partial charge in [-0.05, 0) is 68.4 Å². The molecule has 11 heteroatoms. The van der Waals surface area contributed by atoms with Crippen LogP contribution in [0.5, 0.6) is 0 Å². The molecule has 48 heavy (non-hydrogen) atoms. The van der Waals surface area contributed by atoms with Gasteiger partial charge in [0.15, 0.2) is 0 Å². The summed E-state index contributed by atoms with van der Waals surface area (Å²) in [7, 11) is 0. The number of imide groups is 1. The van der Waals surface area contributed by atoms with Crippen LogP contribution in [-0.4, -0.2) is 23.6 Å². The number of hydrazine groups is 1. The molecule has 0 saturated carbocycles. The maximum Gasteiger partial charge on any atom is 0.253 e. The molecule has 0 aromatic heterocycles. The molecule has 3 amide bonds. The van der Waals surface area contributed by atoms with Crippen molar-refractivity contribution in [2.24, 2.45) is 16.8 Å². The standard InChI is InChI=1S/C37H46Cl4N4O3/c1-25(2)16-14-12-10-8-6-4-3-5-7-9-11-13-15-17-26-20-34(46)44(37(26)48)28-18-19-29(39)32(23-28)42-33-24-35(47)45(43-33)36-30(40)21-27(38)22-31(36)41/h7,9,18-19,21-23,25-26H,3-6,8,10-17,20,24H2,1-2H3,(H,42,43). The number of hydrogen-bond acceptors (Lipinski definition) is 4. The summed E-state index contributed by atoms with van der Waals surface area (Å²) in [5.41, 5.74) is 3.89. The fourth-order valence-electron chi connectivity index (χ4n) is 6.10. The molecule has 2 heterocycles. The van der Waals surface area contributed by atoms with Crippen LogP contribution in [0.2, 0.25) is 20.1 Å². The van der Waals surface area contributed by atoms with E-state index in [4.69, 9.17) is 46.4 Å². The molecule has 0 radical (unpaired) electrons. The van der Waals surface area contributed by atoms with Crippen LogP contribution in [0.15, 0.2) is 47.5 Å². The van der Waals surface area contributed by atoms with Crippen molar-refractivity contribution in [2.75, 3.05) is 9.91 Å². The SMILES string of the molecule is CC(C)CCCCCCCCCC=CCCCCC1CC(=O)N(c2ccc(Cl)c(N=C3CC(=O)N(c4c(Cl)cc(Cl)cc4Cl)N3)c2)C1=O. The van der Waals surface area contributed by atoms with Crippen molar-refractivity contribution in [1.29, 1.82) is 0 Å². The lowest BCUT2D eigenvalue weighted by atomic mass is 9.99. The van der Waals surface area contributed by atoms with E-state index < -0.39 is 0 Å². The van der Waals surface area contributed by atoms with Gasteiger partial charge in [-0.15, -0.1) is 0 Å². The van der Waals surface area contributed by atoms with Gasteiger partial charge in [-0.1, -0.05) is 124 Å². The molecule has 1 N–H and O–H groups in total. The molecule has 1 atom stereocenters. The van der Waals surface area contributed by atoms with Crippen LogP contribution in [0.25, 0.3) is 0 Å². The normalized spacial score (nSPS) is 17.6. The Hall–Kier alpha value is -2.58. The molecule has 4 rings (SSSR count). The molecule has 7 nitrogen and oxygen atoms in total. The van der Waals surface area contributed by atoms with Crippen LogP contribution in [0, 0.1) is 11.8 Å². The molecule has 1 unspecified atom stereocenters. The van der Waals surface area contributed by atoms with E-state index in [0.717, 1.165) is 31.6 Å². The van der Waals surface area contributed by atoms with Gasteiger partial charge in [-0.25, -0.2) is 10.0 Å². The van der Waals surface area contributed by atoms with Crippen LogP contribution in [0.1, 0.15) is 110 Å². The second kappa shape index (κ2) is 19.0. The lowest BCUT2D eigenvalue weighted by Crippen LogP contribution is -2.36. The van der Waals surface area contributed by atoms with E-state index in [2.05, 4.69) is 36.4 Å².